The summed E-state index contributed by atoms with van der Waals surface area (Å²) in [6.07, 6.45) is 6.01. The Morgan fingerprint density at radius 2 is 1.81 bits per heavy atom. The lowest BCUT2D eigenvalue weighted by Gasteiger charge is -2.42. The van der Waals surface area contributed by atoms with E-state index in [1.54, 1.807) is 0 Å². The molecule has 0 radical (unpaired) electrons. The predicted molar refractivity (Wildman–Crippen MR) is 77.6 cm³/mol. The maximum absolute atomic E-state index is 11.2. The second-order valence-corrected chi connectivity index (χ2v) is 15.9. The third kappa shape index (κ3) is 2.80. The summed E-state index contributed by atoms with van der Waals surface area (Å²) in [5.41, 5.74) is 0. The highest BCUT2D eigenvalue weighted by Gasteiger charge is 2.50. The van der Waals surface area contributed by atoms with E-state index in [0.29, 0.717) is 6.42 Å². The first-order valence-corrected chi connectivity index (χ1v) is 12.4. The summed E-state index contributed by atoms with van der Waals surface area (Å²) in [6, 6.07) is 2.60. The average molecular weight is 272 g/mol. The number of hydrogen-bond acceptors (Lipinski definition) is 2. The van der Waals surface area contributed by atoms with Crippen molar-refractivity contribution >= 4 is 34.2 Å². The van der Waals surface area contributed by atoms with Crippen LogP contribution in [0.2, 0.25) is 38.3 Å². The summed E-state index contributed by atoms with van der Waals surface area (Å²) in [5.74, 6) is 2.81. The molecular weight excluding hydrogens is 250 g/mol. The molecule has 90 valence electrons. The van der Waals surface area contributed by atoms with Gasteiger partial charge in [0.2, 0.25) is 0 Å². The van der Waals surface area contributed by atoms with Crippen LogP contribution in [0, 0.1) is 12.3 Å². The van der Waals surface area contributed by atoms with Crippen LogP contribution in [0.4, 0.5) is 0 Å². The number of rotatable bonds is 3. The van der Waals surface area contributed by atoms with E-state index in [9.17, 15) is 4.79 Å². The molecule has 5 heteroatoms. The number of hydrogen-bond donors (Lipinski definition) is 1. The van der Waals surface area contributed by atoms with Crippen LogP contribution >= 0.6 is 12.6 Å². The number of terminal acetylenes is 1. The summed E-state index contributed by atoms with van der Waals surface area (Å²) < 4.78 is 2.58. The van der Waals surface area contributed by atoms with Crippen molar-refractivity contribution in [2.45, 2.75) is 50.7 Å². The van der Waals surface area contributed by atoms with Crippen molar-refractivity contribution in [3.05, 3.63) is 0 Å². The first-order chi connectivity index (χ1) is 7.20. The van der Waals surface area contributed by atoms with Gasteiger partial charge in [-0.15, -0.1) is 19.1 Å². The minimum absolute atomic E-state index is 0.0177. The van der Waals surface area contributed by atoms with Gasteiger partial charge in [-0.05, 0) is 12.1 Å². The number of thiol groups is 1. The lowest BCUT2D eigenvalue weighted by molar-refractivity contribution is -0.111. The highest BCUT2D eigenvalue weighted by atomic mass is 32.1. The number of carbonyl (C=O) groups is 1. The monoisotopic (exact) mass is 271 g/mol. The van der Waals surface area contributed by atoms with Gasteiger partial charge in [0.15, 0.2) is 5.12 Å². The van der Waals surface area contributed by atoms with Gasteiger partial charge in [0.1, 0.15) is 16.5 Å². The van der Waals surface area contributed by atoms with Crippen LogP contribution in [0.5, 0.6) is 0 Å². The number of carbonyl (C=O) groups excluding carboxylic acids is 1. The van der Waals surface area contributed by atoms with Gasteiger partial charge in [0, 0.05) is 6.42 Å². The van der Waals surface area contributed by atoms with E-state index in [4.69, 9.17) is 6.42 Å². The van der Waals surface area contributed by atoms with Crippen molar-refractivity contribution in [2.24, 2.45) is 0 Å². The number of nitrogens with zero attached hydrogens (tertiary/aromatic N) is 1. The second-order valence-electron chi connectivity index (χ2n) is 5.78. The molecule has 1 aliphatic heterocycles. The molecule has 1 rings (SSSR count). The normalized spacial score (nSPS) is 25.0. The van der Waals surface area contributed by atoms with Gasteiger partial charge in [-0.2, -0.15) is 0 Å². The van der Waals surface area contributed by atoms with E-state index in [-0.39, 0.29) is 11.2 Å². The predicted octanol–water partition coefficient (Wildman–Crippen LogP) is 2.56. The lowest BCUT2D eigenvalue weighted by atomic mass is 10.2. The third-order valence-electron chi connectivity index (χ3n) is 3.52. The van der Waals surface area contributed by atoms with Gasteiger partial charge in [0.25, 0.3) is 0 Å². The molecule has 0 amide bonds. The maximum Gasteiger partial charge on any atom is 0.188 e. The van der Waals surface area contributed by atoms with E-state index < -0.39 is 16.5 Å². The van der Waals surface area contributed by atoms with Crippen LogP contribution in [-0.2, 0) is 4.79 Å². The van der Waals surface area contributed by atoms with Gasteiger partial charge in [-0.3, -0.25) is 4.79 Å². The Hall–Kier alpha value is -0.0262. The van der Waals surface area contributed by atoms with E-state index in [1.165, 1.54) is 12.1 Å². The van der Waals surface area contributed by atoms with Crippen LogP contribution in [0.3, 0.4) is 0 Å². The summed E-state index contributed by atoms with van der Waals surface area (Å²) in [6.45, 7) is 9.45. The molecule has 1 saturated heterocycles. The Kier molecular flexibility index (Phi) is 4.11. The Balaban J connectivity index is 2.98. The molecule has 0 aliphatic carbocycles. The fraction of sp³-hybridized carbons (Fsp3) is 0.727. The van der Waals surface area contributed by atoms with Gasteiger partial charge >= 0.3 is 0 Å². The van der Waals surface area contributed by atoms with Gasteiger partial charge in [-0.1, -0.05) is 32.1 Å². The maximum atomic E-state index is 11.2. The summed E-state index contributed by atoms with van der Waals surface area (Å²) in [7, 11) is -2.78. The van der Waals surface area contributed by atoms with E-state index >= 15 is 0 Å². The van der Waals surface area contributed by atoms with Crippen molar-refractivity contribution in [2.75, 3.05) is 0 Å². The highest BCUT2D eigenvalue weighted by molar-refractivity contribution is 7.96. The first-order valence-electron chi connectivity index (χ1n) is 5.68. The minimum Gasteiger partial charge on any atom is -0.332 e. The molecular formula is C11H21NOSSi2. The van der Waals surface area contributed by atoms with E-state index in [1.807, 2.05) is 0 Å². The Morgan fingerprint density at radius 3 is 2.12 bits per heavy atom. The summed E-state index contributed by atoms with van der Waals surface area (Å²) >= 11 is 3.87. The first kappa shape index (κ1) is 14.0. The highest BCUT2D eigenvalue weighted by Crippen LogP contribution is 2.39. The third-order valence-corrected chi connectivity index (χ3v) is 14.0. The largest absolute Gasteiger partial charge is 0.332 e. The molecule has 2 nitrogen and oxygen atoms in total. The average Bonchev–Trinajstić information content (AvgIpc) is 2.33. The van der Waals surface area contributed by atoms with Crippen LogP contribution in [-0.4, -0.2) is 31.9 Å². The van der Waals surface area contributed by atoms with Crippen molar-refractivity contribution in [3.8, 4) is 12.3 Å². The minimum atomic E-state index is -1.39. The van der Waals surface area contributed by atoms with Gasteiger partial charge in [-0.25, -0.2) is 0 Å². The molecule has 0 bridgehead atoms. The van der Waals surface area contributed by atoms with Gasteiger partial charge < -0.3 is 4.23 Å². The van der Waals surface area contributed by atoms with E-state index in [2.05, 4.69) is 49.0 Å². The van der Waals surface area contributed by atoms with Crippen molar-refractivity contribution in [3.63, 3.8) is 0 Å². The SMILES string of the molecule is C#CC(CC(=O)S)N1[Si](C)(C)CC[Si]1(C)C. The van der Waals surface area contributed by atoms with Gasteiger partial charge in [0.05, 0.1) is 6.04 Å². The Bertz CT molecular complexity index is 319. The van der Waals surface area contributed by atoms with Crippen molar-refractivity contribution in [1.82, 2.24) is 4.23 Å². The van der Waals surface area contributed by atoms with Crippen LogP contribution in [0.1, 0.15) is 6.42 Å². The van der Waals surface area contributed by atoms with Crippen LogP contribution in [0.25, 0.3) is 0 Å². The molecule has 0 aromatic carbocycles. The molecule has 0 aromatic rings. The lowest BCUT2D eigenvalue weighted by Crippen LogP contribution is -2.59. The van der Waals surface area contributed by atoms with E-state index in [0.717, 1.165) is 0 Å². The molecule has 1 unspecified atom stereocenters. The molecule has 0 spiro atoms. The molecule has 1 fully saturated rings. The standard InChI is InChI=1S/C11H21NOSSi2/c1-6-10(9-11(13)14)12-15(2,3)7-8-16(12,4)5/h1,10H,7-9H2,2-5H3,(H,13,14). The smallest absolute Gasteiger partial charge is 0.188 e. The molecule has 16 heavy (non-hydrogen) atoms. The molecule has 1 atom stereocenters. The molecule has 0 aromatic heterocycles. The van der Waals surface area contributed by atoms with Crippen molar-refractivity contribution in [1.29, 1.82) is 0 Å². The zero-order valence-electron chi connectivity index (χ0n) is 10.6. The van der Waals surface area contributed by atoms with Crippen LogP contribution in [0.15, 0.2) is 0 Å². The quantitative estimate of drug-likeness (QED) is 0.484. The molecule has 1 heterocycles. The fourth-order valence-corrected chi connectivity index (χ4v) is 17.7. The zero-order valence-corrected chi connectivity index (χ0v) is 13.5. The Morgan fingerprint density at radius 1 is 1.38 bits per heavy atom. The molecule has 0 N–H and O–H groups in total. The summed E-state index contributed by atoms with van der Waals surface area (Å²) in [4.78, 5) is 11.2. The van der Waals surface area contributed by atoms with Crippen molar-refractivity contribution < 1.29 is 4.79 Å². The molecule has 1 aliphatic rings. The fourth-order valence-electron chi connectivity index (χ4n) is 2.91. The topological polar surface area (TPSA) is 20.3 Å². The molecule has 0 saturated carbocycles. The zero-order chi connectivity index (χ0) is 12.6. The Labute approximate surface area is 106 Å². The van der Waals surface area contributed by atoms with Crippen LogP contribution < -0.4 is 0 Å². The second kappa shape index (κ2) is 4.69. The summed E-state index contributed by atoms with van der Waals surface area (Å²) in [5, 5.41) is -0.0931.